The minimum atomic E-state index is -0.514. The van der Waals surface area contributed by atoms with E-state index < -0.39 is 5.82 Å². The summed E-state index contributed by atoms with van der Waals surface area (Å²) < 4.78 is 18.5. The molecule has 17 heavy (non-hydrogen) atoms. The summed E-state index contributed by atoms with van der Waals surface area (Å²) in [6, 6.07) is 6.19. The minimum absolute atomic E-state index is 0.0501. The maximum absolute atomic E-state index is 13.2. The van der Waals surface area contributed by atoms with Crippen molar-refractivity contribution in [3.63, 3.8) is 0 Å². The molecule has 4 heteroatoms. The van der Waals surface area contributed by atoms with Crippen LogP contribution in [0.2, 0.25) is 0 Å². The number of hydrogen-bond acceptors (Lipinski definition) is 3. The third-order valence-corrected chi connectivity index (χ3v) is 2.01. The van der Waals surface area contributed by atoms with E-state index in [0.717, 1.165) is 5.57 Å². The third-order valence-electron chi connectivity index (χ3n) is 2.01. The molecule has 0 heterocycles. The van der Waals surface area contributed by atoms with E-state index in [1.165, 1.54) is 12.1 Å². The Morgan fingerprint density at radius 3 is 2.94 bits per heavy atom. The minimum Gasteiger partial charge on any atom is -0.383 e. The molecule has 0 saturated heterocycles. The standard InChI is InChI=1S/C13H15FN2O/c1-10(2)9-17-6-5-16-12-4-3-11(8-15)13(14)7-12/h3-4,7,16H,1,5-6,9H2,2H3. The highest BCUT2D eigenvalue weighted by Crippen LogP contribution is 2.13. The van der Waals surface area contributed by atoms with Gasteiger partial charge in [0.05, 0.1) is 18.8 Å². The lowest BCUT2D eigenvalue weighted by atomic mass is 10.2. The van der Waals surface area contributed by atoms with E-state index in [-0.39, 0.29) is 5.56 Å². The smallest absolute Gasteiger partial charge is 0.143 e. The van der Waals surface area contributed by atoms with Crippen molar-refractivity contribution in [1.82, 2.24) is 0 Å². The van der Waals surface area contributed by atoms with Crippen LogP contribution in [0.4, 0.5) is 10.1 Å². The Balaban J connectivity index is 2.35. The zero-order valence-corrected chi connectivity index (χ0v) is 9.79. The molecule has 90 valence electrons. The van der Waals surface area contributed by atoms with E-state index in [0.29, 0.717) is 25.4 Å². The van der Waals surface area contributed by atoms with E-state index in [9.17, 15) is 4.39 Å². The lowest BCUT2D eigenvalue weighted by Crippen LogP contribution is -2.10. The van der Waals surface area contributed by atoms with Crippen LogP contribution in [0.25, 0.3) is 0 Å². The molecule has 0 saturated carbocycles. The van der Waals surface area contributed by atoms with Crippen molar-refractivity contribution in [3.05, 3.63) is 41.7 Å². The van der Waals surface area contributed by atoms with Gasteiger partial charge in [-0.3, -0.25) is 0 Å². The Bertz CT molecular complexity index is 438. The van der Waals surface area contributed by atoms with E-state index in [1.807, 2.05) is 6.92 Å². The number of ether oxygens (including phenoxy) is 1. The molecule has 0 aliphatic heterocycles. The maximum atomic E-state index is 13.2. The quantitative estimate of drug-likeness (QED) is 0.608. The Morgan fingerprint density at radius 1 is 1.59 bits per heavy atom. The summed E-state index contributed by atoms with van der Waals surface area (Å²) in [6.07, 6.45) is 0. The molecular formula is C13H15FN2O. The van der Waals surface area contributed by atoms with Gasteiger partial charge in [-0.05, 0) is 25.1 Å². The fourth-order valence-electron chi connectivity index (χ4n) is 1.23. The van der Waals surface area contributed by atoms with Crippen molar-refractivity contribution in [2.75, 3.05) is 25.1 Å². The second-order valence-corrected chi connectivity index (χ2v) is 3.74. The normalized spacial score (nSPS) is 9.71. The van der Waals surface area contributed by atoms with Gasteiger partial charge in [0.1, 0.15) is 11.9 Å². The van der Waals surface area contributed by atoms with Crippen LogP contribution in [-0.2, 0) is 4.74 Å². The van der Waals surface area contributed by atoms with Crippen molar-refractivity contribution < 1.29 is 9.13 Å². The van der Waals surface area contributed by atoms with Crippen LogP contribution in [0, 0.1) is 17.1 Å². The summed E-state index contributed by atoms with van der Waals surface area (Å²) >= 11 is 0. The number of rotatable bonds is 6. The monoisotopic (exact) mass is 234 g/mol. The summed E-state index contributed by atoms with van der Waals surface area (Å²) in [5.74, 6) is -0.514. The molecule has 0 aromatic heterocycles. The van der Waals surface area contributed by atoms with Gasteiger partial charge in [-0.15, -0.1) is 0 Å². The molecule has 1 aromatic rings. The van der Waals surface area contributed by atoms with Gasteiger partial charge in [0, 0.05) is 12.2 Å². The average Bonchev–Trinajstić information content (AvgIpc) is 2.28. The summed E-state index contributed by atoms with van der Waals surface area (Å²) in [5.41, 5.74) is 1.66. The lowest BCUT2D eigenvalue weighted by molar-refractivity contribution is 0.167. The highest BCUT2D eigenvalue weighted by atomic mass is 19.1. The number of hydrogen-bond donors (Lipinski definition) is 1. The molecule has 0 aliphatic carbocycles. The predicted octanol–water partition coefficient (Wildman–Crippen LogP) is 2.70. The van der Waals surface area contributed by atoms with Gasteiger partial charge in [-0.2, -0.15) is 5.26 Å². The van der Waals surface area contributed by atoms with E-state index >= 15 is 0 Å². The molecule has 0 aliphatic rings. The lowest BCUT2D eigenvalue weighted by Gasteiger charge is -2.07. The molecule has 0 bridgehead atoms. The van der Waals surface area contributed by atoms with Gasteiger partial charge in [-0.25, -0.2) is 4.39 Å². The van der Waals surface area contributed by atoms with Gasteiger partial charge in [0.2, 0.25) is 0 Å². The molecule has 0 unspecified atom stereocenters. The van der Waals surface area contributed by atoms with Crippen molar-refractivity contribution in [2.24, 2.45) is 0 Å². The van der Waals surface area contributed by atoms with Crippen LogP contribution in [0.3, 0.4) is 0 Å². The van der Waals surface area contributed by atoms with E-state index in [4.69, 9.17) is 10.00 Å². The Hall–Kier alpha value is -1.86. The van der Waals surface area contributed by atoms with Crippen LogP contribution in [-0.4, -0.2) is 19.8 Å². The zero-order valence-electron chi connectivity index (χ0n) is 9.79. The fraction of sp³-hybridized carbons (Fsp3) is 0.308. The molecule has 1 aromatic carbocycles. The molecule has 1 N–H and O–H groups in total. The molecule has 0 spiro atoms. The molecular weight excluding hydrogens is 219 g/mol. The highest BCUT2D eigenvalue weighted by molar-refractivity contribution is 5.48. The molecule has 0 radical (unpaired) electrons. The summed E-state index contributed by atoms with van der Waals surface area (Å²) in [4.78, 5) is 0. The first-order chi connectivity index (χ1) is 8.13. The number of halogens is 1. The SMILES string of the molecule is C=C(C)COCCNc1ccc(C#N)c(F)c1. The van der Waals surface area contributed by atoms with Crippen LogP contribution >= 0.6 is 0 Å². The number of benzene rings is 1. The van der Waals surface area contributed by atoms with E-state index in [1.54, 1.807) is 12.1 Å². The fourth-order valence-corrected chi connectivity index (χ4v) is 1.23. The van der Waals surface area contributed by atoms with Crippen LogP contribution in [0.5, 0.6) is 0 Å². The average molecular weight is 234 g/mol. The first kappa shape index (κ1) is 13.2. The van der Waals surface area contributed by atoms with Crippen molar-refractivity contribution in [3.8, 4) is 6.07 Å². The van der Waals surface area contributed by atoms with Crippen LogP contribution < -0.4 is 5.32 Å². The van der Waals surface area contributed by atoms with Crippen molar-refractivity contribution >= 4 is 5.69 Å². The first-order valence-electron chi connectivity index (χ1n) is 5.29. The second-order valence-electron chi connectivity index (χ2n) is 3.74. The third kappa shape index (κ3) is 4.66. The topological polar surface area (TPSA) is 45.0 Å². The number of anilines is 1. The maximum Gasteiger partial charge on any atom is 0.143 e. The van der Waals surface area contributed by atoms with Gasteiger partial charge in [0.25, 0.3) is 0 Å². The Morgan fingerprint density at radius 2 is 2.35 bits per heavy atom. The van der Waals surface area contributed by atoms with Gasteiger partial charge < -0.3 is 10.1 Å². The number of nitrogens with one attached hydrogen (secondary N) is 1. The van der Waals surface area contributed by atoms with Crippen LogP contribution in [0.15, 0.2) is 30.4 Å². The Labute approximate surface area is 101 Å². The van der Waals surface area contributed by atoms with Gasteiger partial charge in [-0.1, -0.05) is 12.2 Å². The summed E-state index contributed by atoms with van der Waals surface area (Å²) in [7, 11) is 0. The van der Waals surface area contributed by atoms with E-state index in [2.05, 4.69) is 11.9 Å². The van der Waals surface area contributed by atoms with Gasteiger partial charge in [0.15, 0.2) is 0 Å². The van der Waals surface area contributed by atoms with Crippen molar-refractivity contribution in [1.29, 1.82) is 5.26 Å². The Kier molecular flexibility index (Phi) is 5.18. The first-order valence-corrected chi connectivity index (χ1v) is 5.29. The zero-order chi connectivity index (χ0) is 12.7. The number of nitrogens with zero attached hydrogens (tertiary/aromatic N) is 1. The molecule has 3 nitrogen and oxygen atoms in total. The summed E-state index contributed by atoms with van der Waals surface area (Å²) in [6.45, 7) is 7.24. The van der Waals surface area contributed by atoms with Gasteiger partial charge >= 0.3 is 0 Å². The molecule has 0 fully saturated rings. The summed E-state index contributed by atoms with van der Waals surface area (Å²) in [5, 5.41) is 11.6. The predicted molar refractivity (Wildman–Crippen MR) is 65.2 cm³/mol. The van der Waals surface area contributed by atoms with Crippen LogP contribution in [0.1, 0.15) is 12.5 Å². The second kappa shape index (κ2) is 6.66. The molecule has 0 atom stereocenters. The highest BCUT2D eigenvalue weighted by Gasteiger charge is 2.01. The molecule has 1 rings (SSSR count). The molecule has 0 amide bonds. The largest absolute Gasteiger partial charge is 0.383 e. The number of nitriles is 1. The van der Waals surface area contributed by atoms with Crippen molar-refractivity contribution in [2.45, 2.75) is 6.92 Å².